The zero-order chi connectivity index (χ0) is 16.2. The molecule has 2 heterocycles. The fourth-order valence-corrected chi connectivity index (χ4v) is 2.01. The first-order valence-corrected chi connectivity index (χ1v) is 7.39. The number of hydrogen-bond donors (Lipinski definition) is 2. The van der Waals surface area contributed by atoms with Crippen LogP contribution in [0.4, 0.5) is 11.6 Å². The number of anilines is 2. The topological polar surface area (TPSA) is 85.4 Å². The smallest absolute Gasteiger partial charge is 0.258 e. The molecule has 0 aliphatic carbocycles. The largest absolute Gasteiger partial charge is 0.454 e. The van der Waals surface area contributed by atoms with Gasteiger partial charge in [-0.05, 0) is 18.1 Å². The summed E-state index contributed by atoms with van der Waals surface area (Å²) in [6.07, 6.45) is 3.00. The second kappa shape index (κ2) is 6.51. The Labute approximate surface area is 134 Å². The molecule has 7 heteroatoms. The number of aromatic nitrogens is 2. The Bertz CT molecular complexity index is 701. The maximum absolute atomic E-state index is 12.2. The molecule has 1 aliphatic rings. The number of ether oxygens (including phenoxy) is 2. The molecule has 120 valence electrons. The standard InChI is InChI=1S/C16H18N4O3/c1-10(2)6-17-16-18-7-11(8-19-16)15(21)20-12-3-4-13-14(5-12)23-9-22-13/h3-5,7-8,10H,6,9H2,1-2H3,(H,20,21)(H,17,18,19). The number of nitrogens with zero attached hydrogens (tertiary/aromatic N) is 2. The lowest BCUT2D eigenvalue weighted by Crippen LogP contribution is -2.14. The summed E-state index contributed by atoms with van der Waals surface area (Å²) in [5.41, 5.74) is 1.01. The molecule has 1 amide bonds. The lowest BCUT2D eigenvalue weighted by molar-refractivity contribution is 0.102. The minimum atomic E-state index is -0.278. The molecule has 1 aliphatic heterocycles. The van der Waals surface area contributed by atoms with Gasteiger partial charge in [0.1, 0.15) is 0 Å². The molecule has 23 heavy (non-hydrogen) atoms. The maximum Gasteiger partial charge on any atom is 0.258 e. The predicted octanol–water partition coefficient (Wildman–Crippen LogP) is 2.53. The van der Waals surface area contributed by atoms with Crippen LogP contribution in [0.5, 0.6) is 11.5 Å². The summed E-state index contributed by atoms with van der Waals surface area (Å²) in [5.74, 6) is 2.02. The molecule has 0 fully saturated rings. The van der Waals surface area contributed by atoms with E-state index >= 15 is 0 Å². The van der Waals surface area contributed by atoms with Crippen molar-refractivity contribution in [2.45, 2.75) is 13.8 Å². The van der Waals surface area contributed by atoms with E-state index in [4.69, 9.17) is 9.47 Å². The fraction of sp³-hybridized carbons (Fsp3) is 0.312. The van der Waals surface area contributed by atoms with Gasteiger partial charge < -0.3 is 20.1 Å². The van der Waals surface area contributed by atoms with Gasteiger partial charge in [-0.3, -0.25) is 4.79 Å². The first-order valence-electron chi connectivity index (χ1n) is 7.39. The molecule has 1 aromatic carbocycles. The SMILES string of the molecule is CC(C)CNc1ncc(C(=O)Nc2ccc3c(c2)OCO3)cn1. The van der Waals surface area contributed by atoms with E-state index in [2.05, 4.69) is 34.4 Å². The third-order valence-electron chi connectivity index (χ3n) is 3.21. The molecule has 0 unspecified atom stereocenters. The lowest BCUT2D eigenvalue weighted by atomic mass is 10.2. The number of rotatable bonds is 5. The van der Waals surface area contributed by atoms with Gasteiger partial charge in [0.2, 0.25) is 12.7 Å². The van der Waals surface area contributed by atoms with Crippen molar-refractivity contribution in [3.63, 3.8) is 0 Å². The highest BCUT2D eigenvalue weighted by Crippen LogP contribution is 2.34. The van der Waals surface area contributed by atoms with Gasteiger partial charge in [-0.25, -0.2) is 9.97 Å². The zero-order valence-electron chi connectivity index (χ0n) is 13.0. The highest BCUT2D eigenvalue weighted by molar-refractivity contribution is 6.04. The molecule has 7 nitrogen and oxygen atoms in total. The Kier molecular flexibility index (Phi) is 4.27. The number of hydrogen-bond acceptors (Lipinski definition) is 6. The van der Waals surface area contributed by atoms with Crippen LogP contribution in [-0.4, -0.2) is 29.2 Å². The van der Waals surface area contributed by atoms with Gasteiger partial charge >= 0.3 is 0 Å². The number of benzene rings is 1. The average molecular weight is 314 g/mol. The minimum absolute atomic E-state index is 0.200. The number of carbonyl (C=O) groups is 1. The summed E-state index contributed by atoms with van der Waals surface area (Å²) in [6.45, 7) is 5.18. The van der Waals surface area contributed by atoms with E-state index in [1.807, 2.05) is 0 Å². The van der Waals surface area contributed by atoms with Crippen LogP contribution in [0, 0.1) is 5.92 Å². The summed E-state index contributed by atoms with van der Waals surface area (Å²) >= 11 is 0. The van der Waals surface area contributed by atoms with Gasteiger partial charge in [-0.1, -0.05) is 13.8 Å². The van der Waals surface area contributed by atoms with E-state index in [0.29, 0.717) is 34.6 Å². The molecule has 2 N–H and O–H groups in total. The second-order valence-electron chi connectivity index (χ2n) is 5.59. The van der Waals surface area contributed by atoms with Crippen molar-refractivity contribution >= 4 is 17.5 Å². The normalized spacial score (nSPS) is 12.3. The van der Waals surface area contributed by atoms with E-state index in [-0.39, 0.29) is 12.7 Å². The lowest BCUT2D eigenvalue weighted by Gasteiger charge is -2.08. The number of amides is 1. The van der Waals surface area contributed by atoms with Crippen LogP contribution in [0.15, 0.2) is 30.6 Å². The highest BCUT2D eigenvalue weighted by Gasteiger charge is 2.15. The summed E-state index contributed by atoms with van der Waals surface area (Å²) in [5, 5.41) is 5.89. The van der Waals surface area contributed by atoms with Gasteiger partial charge in [-0.2, -0.15) is 0 Å². The molecule has 2 aromatic rings. The molecular weight excluding hydrogens is 296 g/mol. The van der Waals surface area contributed by atoms with Crippen molar-refractivity contribution in [3.05, 3.63) is 36.2 Å². The average Bonchev–Trinajstić information content (AvgIpc) is 3.01. The molecule has 0 radical (unpaired) electrons. The Morgan fingerprint density at radius 1 is 1.22 bits per heavy atom. The Balaban J connectivity index is 1.64. The maximum atomic E-state index is 12.2. The monoisotopic (exact) mass is 314 g/mol. The van der Waals surface area contributed by atoms with Crippen molar-refractivity contribution in [2.75, 3.05) is 24.0 Å². The second-order valence-corrected chi connectivity index (χ2v) is 5.59. The minimum Gasteiger partial charge on any atom is -0.454 e. The molecule has 0 atom stereocenters. The van der Waals surface area contributed by atoms with E-state index in [1.54, 1.807) is 18.2 Å². The molecular formula is C16H18N4O3. The third kappa shape index (κ3) is 3.68. The molecule has 0 saturated heterocycles. The zero-order valence-corrected chi connectivity index (χ0v) is 13.0. The van der Waals surface area contributed by atoms with Crippen LogP contribution in [0.3, 0.4) is 0 Å². The fourth-order valence-electron chi connectivity index (χ4n) is 2.01. The predicted molar refractivity (Wildman–Crippen MR) is 85.9 cm³/mol. The summed E-state index contributed by atoms with van der Waals surface area (Å²) in [6, 6.07) is 5.23. The number of nitrogens with one attached hydrogen (secondary N) is 2. The quantitative estimate of drug-likeness (QED) is 0.882. The van der Waals surface area contributed by atoms with Crippen LogP contribution < -0.4 is 20.1 Å². The Hall–Kier alpha value is -2.83. The molecule has 0 spiro atoms. The van der Waals surface area contributed by atoms with Gasteiger partial charge in [0.25, 0.3) is 5.91 Å². The van der Waals surface area contributed by atoms with Crippen LogP contribution in [-0.2, 0) is 0 Å². The number of fused-ring (bicyclic) bond motifs is 1. The molecule has 0 bridgehead atoms. The van der Waals surface area contributed by atoms with Crippen molar-refractivity contribution in [1.29, 1.82) is 0 Å². The summed E-state index contributed by atoms with van der Waals surface area (Å²) in [4.78, 5) is 20.5. The van der Waals surface area contributed by atoms with E-state index < -0.39 is 0 Å². The van der Waals surface area contributed by atoms with Crippen LogP contribution >= 0.6 is 0 Å². The van der Waals surface area contributed by atoms with Crippen LogP contribution in [0.25, 0.3) is 0 Å². The van der Waals surface area contributed by atoms with Gasteiger partial charge in [0.15, 0.2) is 11.5 Å². The van der Waals surface area contributed by atoms with Crippen molar-refractivity contribution in [2.24, 2.45) is 5.92 Å². The first kappa shape index (κ1) is 15.1. The molecule has 3 rings (SSSR count). The highest BCUT2D eigenvalue weighted by atomic mass is 16.7. The van der Waals surface area contributed by atoms with Gasteiger partial charge in [-0.15, -0.1) is 0 Å². The Morgan fingerprint density at radius 3 is 2.70 bits per heavy atom. The van der Waals surface area contributed by atoms with Crippen molar-refractivity contribution in [3.8, 4) is 11.5 Å². The van der Waals surface area contributed by atoms with Gasteiger partial charge in [0, 0.05) is 30.7 Å². The van der Waals surface area contributed by atoms with Crippen LogP contribution in [0.1, 0.15) is 24.2 Å². The van der Waals surface area contributed by atoms with E-state index in [9.17, 15) is 4.79 Å². The van der Waals surface area contributed by atoms with E-state index in [0.717, 1.165) is 6.54 Å². The van der Waals surface area contributed by atoms with E-state index in [1.165, 1.54) is 12.4 Å². The summed E-state index contributed by atoms with van der Waals surface area (Å²) in [7, 11) is 0. The first-order chi connectivity index (χ1) is 11.1. The molecule has 0 saturated carbocycles. The van der Waals surface area contributed by atoms with Crippen LogP contribution in [0.2, 0.25) is 0 Å². The number of carbonyl (C=O) groups excluding carboxylic acids is 1. The van der Waals surface area contributed by atoms with Crippen molar-refractivity contribution < 1.29 is 14.3 Å². The van der Waals surface area contributed by atoms with Gasteiger partial charge in [0.05, 0.1) is 5.56 Å². The van der Waals surface area contributed by atoms with Crippen molar-refractivity contribution in [1.82, 2.24) is 9.97 Å². The molecule has 1 aromatic heterocycles. The third-order valence-corrected chi connectivity index (χ3v) is 3.21. The summed E-state index contributed by atoms with van der Waals surface area (Å²) < 4.78 is 10.5. The Morgan fingerprint density at radius 2 is 1.96 bits per heavy atom.